The molecule has 3 heteroatoms. The van der Waals surface area contributed by atoms with Crippen LogP contribution in [0, 0.1) is 5.92 Å². The average molecular weight is 256 g/mol. The van der Waals surface area contributed by atoms with Crippen LogP contribution in [0.3, 0.4) is 0 Å². The van der Waals surface area contributed by atoms with Gasteiger partial charge in [-0.05, 0) is 37.3 Å². The molecule has 1 saturated carbocycles. The van der Waals surface area contributed by atoms with E-state index in [0.717, 1.165) is 6.42 Å². The molecule has 0 spiro atoms. The zero-order chi connectivity index (χ0) is 13.2. The Bertz CT molecular complexity index is 468. The minimum atomic E-state index is -0.128. The molecule has 0 saturated heterocycles. The van der Waals surface area contributed by atoms with Crippen LogP contribution in [0.5, 0.6) is 0 Å². The van der Waals surface area contributed by atoms with Crippen molar-refractivity contribution in [2.75, 3.05) is 6.54 Å². The van der Waals surface area contributed by atoms with Gasteiger partial charge in [-0.2, -0.15) is 0 Å². The molecule has 2 aliphatic rings. The minimum absolute atomic E-state index is 0.128. The normalized spacial score (nSPS) is 19.9. The first-order valence-corrected chi connectivity index (χ1v) is 7.06. The van der Waals surface area contributed by atoms with Crippen LogP contribution in [0.4, 0.5) is 0 Å². The van der Waals surface area contributed by atoms with E-state index in [0.29, 0.717) is 17.7 Å². The molecule has 0 atom stereocenters. The Morgan fingerprint density at radius 1 is 0.895 bits per heavy atom. The topological polar surface area (TPSA) is 37.4 Å². The van der Waals surface area contributed by atoms with Gasteiger partial charge in [-0.1, -0.05) is 31.4 Å². The van der Waals surface area contributed by atoms with Gasteiger partial charge in [0.1, 0.15) is 0 Å². The molecule has 0 bridgehead atoms. The van der Waals surface area contributed by atoms with Crippen molar-refractivity contribution in [3.63, 3.8) is 0 Å². The fourth-order valence-electron chi connectivity index (χ4n) is 3.01. The van der Waals surface area contributed by atoms with Crippen LogP contribution in [-0.2, 0) is 0 Å². The van der Waals surface area contributed by atoms with Gasteiger partial charge in [0.2, 0.25) is 0 Å². The van der Waals surface area contributed by atoms with Gasteiger partial charge in [0.05, 0.1) is 11.1 Å². The molecule has 3 nitrogen and oxygen atoms in total. The van der Waals surface area contributed by atoms with Crippen LogP contribution in [0.2, 0.25) is 0 Å². The number of rotatable bonds is 3. The largest absolute Gasteiger partial charge is 0.274 e. The predicted octanol–water partition coefficient (Wildman–Crippen LogP) is 3.21. The summed E-state index contributed by atoms with van der Waals surface area (Å²) in [5.74, 6) is 1.26. The molecule has 1 radical (unpaired) electrons. The first-order valence-electron chi connectivity index (χ1n) is 7.06. The van der Waals surface area contributed by atoms with Crippen molar-refractivity contribution in [2.45, 2.75) is 38.5 Å². The molecule has 3 rings (SSSR count). The molecular weight excluding hydrogens is 238 g/mol. The third kappa shape index (κ3) is 2.29. The van der Waals surface area contributed by atoms with Gasteiger partial charge in [-0.15, -0.1) is 0 Å². The summed E-state index contributed by atoms with van der Waals surface area (Å²) in [6.07, 6.45) is 7.06. The van der Waals surface area contributed by atoms with Crippen LogP contribution in [0.15, 0.2) is 24.3 Å². The van der Waals surface area contributed by atoms with E-state index in [2.05, 4.69) is 0 Å². The van der Waals surface area contributed by atoms with Crippen LogP contribution in [-0.4, -0.2) is 23.3 Å². The third-order valence-electron chi connectivity index (χ3n) is 4.13. The van der Waals surface area contributed by atoms with E-state index in [9.17, 15) is 9.59 Å². The van der Waals surface area contributed by atoms with Crippen molar-refractivity contribution in [3.8, 4) is 0 Å². The number of amides is 2. The van der Waals surface area contributed by atoms with Crippen molar-refractivity contribution in [1.82, 2.24) is 4.90 Å². The molecule has 99 valence electrons. The summed E-state index contributed by atoms with van der Waals surface area (Å²) in [6, 6.07) is 7.10. The highest BCUT2D eigenvalue weighted by Gasteiger charge is 2.35. The van der Waals surface area contributed by atoms with Crippen LogP contribution < -0.4 is 0 Å². The molecule has 0 N–H and O–H groups in total. The SMILES string of the molecule is O=C1c2ccccc2C(=O)N1CC[C]1CCCCC1. The van der Waals surface area contributed by atoms with Crippen molar-refractivity contribution >= 4 is 11.8 Å². The number of imide groups is 1. The zero-order valence-electron chi connectivity index (χ0n) is 11.0. The summed E-state index contributed by atoms with van der Waals surface area (Å²) in [5, 5.41) is 0. The van der Waals surface area contributed by atoms with Gasteiger partial charge in [0, 0.05) is 6.54 Å². The highest BCUT2D eigenvalue weighted by Crippen LogP contribution is 2.30. The lowest BCUT2D eigenvalue weighted by molar-refractivity contribution is 0.0653. The first-order chi connectivity index (χ1) is 9.27. The summed E-state index contributed by atoms with van der Waals surface area (Å²) >= 11 is 0. The molecule has 0 unspecified atom stereocenters. The zero-order valence-corrected chi connectivity index (χ0v) is 11.0. The van der Waals surface area contributed by atoms with Gasteiger partial charge < -0.3 is 0 Å². The molecular formula is C16H18NO2. The fourth-order valence-corrected chi connectivity index (χ4v) is 3.01. The Balaban J connectivity index is 1.67. The molecule has 1 aliphatic heterocycles. The van der Waals surface area contributed by atoms with Crippen LogP contribution in [0.1, 0.15) is 59.2 Å². The Kier molecular flexibility index (Phi) is 3.36. The lowest BCUT2D eigenvalue weighted by Crippen LogP contribution is -2.31. The van der Waals surface area contributed by atoms with Crippen LogP contribution in [0.25, 0.3) is 0 Å². The fraction of sp³-hybridized carbons (Fsp3) is 0.438. The number of carbonyl (C=O) groups excluding carboxylic acids is 2. The van der Waals surface area contributed by atoms with Gasteiger partial charge >= 0.3 is 0 Å². The van der Waals surface area contributed by atoms with Gasteiger partial charge in [-0.25, -0.2) is 0 Å². The second-order valence-corrected chi connectivity index (χ2v) is 5.37. The molecule has 19 heavy (non-hydrogen) atoms. The second-order valence-electron chi connectivity index (χ2n) is 5.37. The molecule has 1 aromatic carbocycles. The van der Waals surface area contributed by atoms with E-state index in [1.54, 1.807) is 12.1 Å². The van der Waals surface area contributed by atoms with E-state index in [1.807, 2.05) is 12.1 Å². The molecule has 1 aromatic rings. The molecule has 1 heterocycles. The van der Waals surface area contributed by atoms with Crippen molar-refractivity contribution in [1.29, 1.82) is 0 Å². The van der Waals surface area contributed by atoms with E-state index in [4.69, 9.17) is 0 Å². The van der Waals surface area contributed by atoms with E-state index in [1.165, 1.54) is 42.9 Å². The summed E-state index contributed by atoms with van der Waals surface area (Å²) < 4.78 is 0. The maximum atomic E-state index is 12.2. The third-order valence-corrected chi connectivity index (χ3v) is 4.13. The van der Waals surface area contributed by atoms with E-state index >= 15 is 0 Å². The Labute approximate surface area is 113 Å². The number of carbonyl (C=O) groups is 2. The summed E-state index contributed by atoms with van der Waals surface area (Å²) in [4.78, 5) is 25.8. The summed E-state index contributed by atoms with van der Waals surface area (Å²) in [5.41, 5.74) is 1.11. The van der Waals surface area contributed by atoms with E-state index < -0.39 is 0 Å². The number of fused-ring (bicyclic) bond motifs is 1. The lowest BCUT2D eigenvalue weighted by Gasteiger charge is -2.23. The van der Waals surface area contributed by atoms with Crippen molar-refractivity contribution in [3.05, 3.63) is 41.3 Å². The summed E-state index contributed by atoms with van der Waals surface area (Å²) in [7, 11) is 0. The smallest absolute Gasteiger partial charge is 0.261 e. The van der Waals surface area contributed by atoms with Gasteiger partial charge in [-0.3, -0.25) is 14.5 Å². The lowest BCUT2D eigenvalue weighted by atomic mass is 9.87. The molecule has 2 amide bonds. The van der Waals surface area contributed by atoms with Crippen molar-refractivity contribution < 1.29 is 9.59 Å². The first kappa shape index (κ1) is 12.4. The highest BCUT2D eigenvalue weighted by atomic mass is 16.2. The predicted molar refractivity (Wildman–Crippen MR) is 72.8 cm³/mol. The minimum Gasteiger partial charge on any atom is -0.274 e. The standard InChI is InChI=1S/C16H18NO2/c18-15-13-8-4-5-9-14(13)16(19)17(15)11-10-12-6-2-1-3-7-12/h4-5,8-9H,1-3,6-7,10-11H2. The quantitative estimate of drug-likeness (QED) is 0.779. The second kappa shape index (κ2) is 5.16. The van der Waals surface area contributed by atoms with Gasteiger partial charge in [0.25, 0.3) is 11.8 Å². The summed E-state index contributed by atoms with van der Waals surface area (Å²) in [6.45, 7) is 0.543. The Hall–Kier alpha value is -1.64. The molecule has 1 fully saturated rings. The number of nitrogens with zero attached hydrogens (tertiary/aromatic N) is 1. The van der Waals surface area contributed by atoms with Crippen LogP contribution >= 0.6 is 0 Å². The Morgan fingerprint density at radius 2 is 1.47 bits per heavy atom. The molecule has 0 aromatic heterocycles. The number of hydrogen-bond acceptors (Lipinski definition) is 2. The van der Waals surface area contributed by atoms with Gasteiger partial charge in [0.15, 0.2) is 0 Å². The molecule has 1 aliphatic carbocycles. The highest BCUT2D eigenvalue weighted by molar-refractivity contribution is 6.21. The maximum absolute atomic E-state index is 12.2. The monoisotopic (exact) mass is 256 g/mol. The Morgan fingerprint density at radius 3 is 2.05 bits per heavy atom. The van der Waals surface area contributed by atoms with Crippen molar-refractivity contribution in [2.24, 2.45) is 0 Å². The average Bonchev–Trinajstić information content (AvgIpc) is 2.71. The number of benzene rings is 1. The van der Waals surface area contributed by atoms with E-state index in [-0.39, 0.29) is 11.8 Å². The number of hydrogen-bond donors (Lipinski definition) is 0. The maximum Gasteiger partial charge on any atom is 0.261 e.